The third-order valence-corrected chi connectivity index (χ3v) is 3.36. The number of hydrogen-bond acceptors (Lipinski definition) is 4. The van der Waals surface area contributed by atoms with Crippen molar-refractivity contribution in [2.75, 3.05) is 0 Å². The highest BCUT2D eigenvalue weighted by molar-refractivity contribution is 7.71. The summed E-state index contributed by atoms with van der Waals surface area (Å²) in [6.45, 7) is 4.33. The predicted molar refractivity (Wildman–Crippen MR) is 77.8 cm³/mol. The van der Waals surface area contributed by atoms with Gasteiger partial charge in [-0.15, -0.1) is 0 Å². The van der Waals surface area contributed by atoms with Crippen molar-refractivity contribution in [3.8, 4) is 0 Å². The van der Waals surface area contributed by atoms with Gasteiger partial charge in [0.1, 0.15) is 5.65 Å². The SMILES string of the molecule is CCCCn1c(=S)[nH]c(=O)c2c(C(=O)O)cc(C)nc21. The first-order chi connectivity index (χ1) is 9.45. The van der Waals surface area contributed by atoms with E-state index < -0.39 is 11.5 Å². The molecule has 2 aromatic rings. The minimum absolute atomic E-state index is 0.0472. The number of pyridine rings is 1. The quantitative estimate of drug-likeness (QED) is 0.844. The van der Waals surface area contributed by atoms with Crippen molar-refractivity contribution in [3.05, 3.63) is 32.4 Å². The number of hydrogen-bond donors (Lipinski definition) is 2. The molecule has 2 N–H and O–H groups in total. The molecular weight excluding hydrogens is 278 g/mol. The summed E-state index contributed by atoms with van der Waals surface area (Å²) in [6.07, 6.45) is 1.83. The molecule has 0 saturated carbocycles. The van der Waals surface area contributed by atoms with E-state index in [1.807, 2.05) is 6.92 Å². The number of aromatic carboxylic acids is 1. The second-order valence-electron chi connectivity index (χ2n) is 4.58. The highest BCUT2D eigenvalue weighted by Gasteiger charge is 2.16. The Balaban J connectivity index is 2.91. The number of fused-ring (bicyclic) bond motifs is 1. The molecule has 0 aromatic carbocycles. The molecule has 2 rings (SSSR count). The lowest BCUT2D eigenvalue weighted by atomic mass is 10.1. The number of aromatic nitrogens is 3. The summed E-state index contributed by atoms with van der Waals surface area (Å²) in [4.78, 5) is 30.2. The number of nitrogens with zero attached hydrogens (tertiary/aromatic N) is 2. The lowest BCUT2D eigenvalue weighted by molar-refractivity contribution is 0.0698. The van der Waals surface area contributed by atoms with Crippen molar-refractivity contribution < 1.29 is 9.90 Å². The van der Waals surface area contributed by atoms with Crippen molar-refractivity contribution in [1.82, 2.24) is 14.5 Å². The number of nitrogens with one attached hydrogen (secondary N) is 1. The summed E-state index contributed by atoms with van der Waals surface area (Å²) in [5.74, 6) is -1.15. The standard InChI is InChI=1S/C13H15N3O3S/c1-3-4-5-16-10-9(11(17)15-13(16)20)8(12(18)19)6-7(2)14-10/h6H,3-5H2,1-2H3,(H,18,19)(H,15,17,20). The van der Waals surface area contributed by atoms with Gasteiger partial charge in [-0.25, -0.2) is 9.78 Å². The average Bonchev–Trinajstić information content (AvgIpc) is 2.37. The Bertz CT molecular complexity index is 792. The largest absolute Gasteiger partial charge is 0.478 e. The van der Waals surface area contributed by atoms with E-state index in [-0.39, 0.29) is 15.7 Å². The zero-order valence-electron chi connectivity index (χ0n) is 11.3. The highest BCUT2D eigenvalue weighted by Crippen LogP contribution is 2.15. The maximum absolute atomic E-state index is 12.0. The van der Waals surface area contributed by atoms with Crippen LogP contribution in [-0.2, 0) is 6.54 Å². The fourth-order valence-electron chi connectivity index (χ4n) is 2.09. The smallest absolute Gasteiger partial charge is 0.336 e. The van der Waals surface area contributed by atoms with Gasteiger partial charge in [0, 0.05) is 12.2 Å². The predicted octanol–water partition coefficient (Wildman–Crippen LogP) is 2.26. The summed E-state index contributed by atoms with van der Waals surface area (Å²) in [5.41, 5.74) is 0.321. The monoisotopic (exact) mass is 293 g/mol. The van der Waals surface area contributed by atoms with Gasteiger partial charge in [-0.2, -0.15) is 0 Å². The Hall–Kier alpha value is -2.02. The van der Waals surface area contributed by atoms with Crippen molar-refractivity contribution >= 4 is 29.2 Å². The van der Waals surface area contributed by atoms with Crippen LogP contribution in [0.15, 0.2) is 10.9 Å². The average molecular weight is 293 g/mol. The Labute approximate surface area is 120 Å². The van der Waals surface area contributed by atoms with Crippen molar-refractivity contribution in [2.45, 2.75) is 33.2 Å². The summed E-state index contributed by atoms with van der Waals surface area (Å²) < 4.78 is 1.96. The van der Waals surface area contributed by atoms with Crippen LogP contribution >= 0.6 is 12.2 Å². The minimum Gasteiger partial charge on any atom is -0.478 e. The van der Waals surface area contributed by atoms with Gasteiger partial charge >= 0.3 is 5.97 Å². The lowest BCUT2D eigenvalue weighted by Crippen LogP contribution is -2.19. The molecule has 2 aromatic heterocycles. The molecule has 0 aliphatic heterocycles. The summed E-state index contributed by atoms with van der Waals surface area (Å²) in [7, 11) is 0. The van der Waals surface area contributed by atoms with E-state index in [9.17, 15) is 14.7 Å². The maximum Gasteiger partial charge on any atom is 0.336 e. The van der Waals surface area contributed by atoms with Crippen LogP contribution in [0.3, 0.4) is 0 Å². The first-order valence-corrected chi connectivity index (χ1v) is 6.74. The van der Waals surface area contributed by atoms with Gasteiger partial charge in [-0.1, -0.05) is 13.3 Å². The minimum atomic E-state index is -1.15. The Morgan fingerprint density at radius 2 is 2.25 bits per heavy atom. The van der Waals surface area contributed by atoms with E-state index in [2.05, 4.69) is 9.97 Å². The molecule has 7 heteroatoms. The zero-order valence-corrected chi connectivity index (χ0v) is 12.1. The zero-order chi connectivity index (χ0) is 14.9. The molecule has 0 aliphatic carbocycles. The summed E-state index contributed by atoms with van der Waals surface area (Å²) in [5, 5.41) is 9.33. The van der Waals surface area contributed by atoms with Crippen LogP contribution in [0.5, 0.6) is 0 Å². The van der Waals surface area contributed by atoms with Crippen LogP contribution in [0.1, 0.15) is 35.8 Å². The number of unbranched alkanes of at least 4 members (excludes halogenated alkanes) is 1. The number of carboxylic acids is 1. The topological polar surface area (TPSA) is 88.0 Å². The van der Waals surface area contributed by atoms with Crippen LogP contribution < -0.4 is 5.56 Å². The molecule has 0 atom stereocenters. The van der Waals surface area contributed by atoms with Crippen molar-refractivity contribution in [2.24, 2.45) is 0 Å². The molecule has 20 heavy (non-hydrogen) atoms. The van der Waals surface area contributed by atoms with E-state index >= 15 is 0 Å². The summed E-state index contributed by atoms with van der Waals surface area (Å²) in [6, 6.07) is 1.40. The molecule has 0 amide bonds. The molecule has 0 aliphatic rings. The second kappa shape index (κ2) is 5.54. The molecule has 106 valence electrons. The van der Waals surface area contributed by atoms with Crippen molar-refractivity contribution in [3.63, 3.8) is 0 Å². The molecular formula is C13H15N3O3S. The number of aromatic amines is 1. The van der Waals surface area contributed by atoms with Crippen LogP contribution in [0, 0.1) is 11.7 Å². The van der Waals surface area contributed by atoms with E-state index in [4.69, 9.17) is 12.2 Å². The van der Waals surface area contributed by atoms with Gasteiger partial charge in [0.15, 0.2) is 4.77 Å². The fraction of sp³-hybridized carbons (Fsp3) is 0.385. The van der Waals surface area contributed by atoms with Gasteiger partial charge in [-0.3, -0.25) is 9.78 Å². The second-order valence-corrected chi connectivity index (χ2v) is 4.97. The first-order valence-electron chi connectivity index (χ1n) is 6.33. The van der Waals surface area contributed by atoms with Gasteiger partial charge in [-0.05, 0) is 31.6 Å². The van der Waals surface area contributed by atoms with E-state index in [1.54, 1.807) is 11.5 Å². The maximum atomic E-state index is 12.0. The van der Waals surface area contributed by atoms with Crippen LogP contribution in [0.4, 0.5) is 0 Å². The van der Waals surface area contributed by atoms with Gasteiger partial charge in [0.2, 0.25) is 0 Å². The molecule has 0 fully saturated rings. The van der Waals surface area contributed by atoms with Crippen LogP contribution in [-0.4, -0.2) is 25.6 Å². The highest BCUT2D eigenvalue weighted by atomic mass is 32.1. The Morgan fingerprint density at radius 1 is 1.55 bits per heavy atom. The third kappa shape index (κ3) is 2.49. The number of H-pyrrole nitrogens is 1. The molecule has 0 unspecified atom stereocenters. The van der Waals surface area contributed by atoms with Gasteiger partial charge in [0.05, 0.1) is 10.9 Å². The van der Waals surface area contributed by atoms with Gasteiger partial charge < -0.3 is 9.67 Å². The molecule has 0 spiro atoms. The lowest BCUT2D eigenvalue weighted by Gasteiger charge is -2.11. The molecule has 6 nitrogen and oxygen atoms in total. The number of carbonyl (C=O) groups is 1. The number of aryl methyl sites for hydroxylation is 2. The van der Waals surface area contributed by atoms with Gasteiger partial charge in [0.25, 0.3) is 5.56 Å². The third-order valence-electron chi connectivity index (χ3n) is 3.04. The molecule has 2 heterocycles. The first kappa shape index (κ1) is 14.4. The molecule has 0 bridgehead atoms. The Kier molecular flexibility index (Phi) is 3.99. The fourth-order valence-corrected chi connectivity index (χ4v) is 2.36. The molecule has 0 radical (unpaired) electrons. The van der Waals surface area contributed by atoms with Crippen LogP contribution in [0.25, 0.3) is 11.0 Å². The van der Waals surface area contributed by atoms with Crippen LogP contribution in [0.2, 0.25) is 0 Å². The normalized spacial score (nSPS) is 10.9. The van der Waals surface area contributed by atoms with E-state index in [0.29, 0.717) is 17.9 Å². The number of rotatable bonds is 4. The number of carboxylic acid groups (broad SMARTS) is 1. The van der Waals surface area contributed by atoms with E-state index in [1.165, 1.54) is 6.07 Å². The van der Waals surface area contributed by atoms with Crippen molar-refractivity contribution in [1.29, 1.82) is 0 Å². The van der Waals surface area contributed by atoms with E-state index in [0.717, 1.165) is 12.8 Å². The summed E-state index contributed by atoms with van der Waals surface area (Å²) >= 11 is 5.15. The molecule has 0 saturated heterocycles. The Morgan fingerprint density at radius 3 is 2.85 bits per heavy atom.